The number of benzene rings is 1. The summed E-state index contributed by atoms with van der Waals surface area (Å²) in [7, 11) is -3.30. The van der Waals surface area contributed by atoms with Gasteiger partial charge in [0.1, 0.15) is 0 Å². The first kappa shape index (κ1) is 18.5. The second kappa shape index (κ2) is 7.15. The summed E-state index contributed by atoms with van der Waals surface area (Å²) < 4.78 is 28.6. The smallest absolute Gasteiger partial charge is 0.338 e. The maximum Gasteiger partial charge on any atom is 0.338 e. The molecule has 2 N–H and O–H groups in total. The number of nitro groups is 1. The monoisotopic (exact) mass is 345 g/mol. The van der Waals surface area contributed by atoms with E-state index in [1.807, 2.05) is 5.43 Å². The number of carbonyl (C=O) groups excluding carboxylic acids is 2. The minimum atomic E-state index is -4.39. The molecule has 1 aromatic rings. The maximum absolute atomic E-state index is 12.1. The molecule has 0 saturated carbocycles. The number of nitro benzene ring substituents is 1. The van der Waals surface area contributed by atoms with E-state index < -0.39 is 43.3 Å². The molecule has 0 unspecified atom stereocenters. The zero-order chi connectivity index (χ0) is 17.8. The lowest BCUT2D eigenvalue weighted by atomic mass is 10.2. The molecule has 11 heteroatoms. The zero-order valence-electron chi connectivity index (χ0n) is 12.5. The van der Waals surface area contributed by atoms with E-state index in [9.17, 15) is 28.1 Å². The van der Waals surface area contributed by atoms with Crippen LogP contribution < -0.4 is 10.3 Å². The van der Waals surface area contributed by atoms with Crippen LogP contribution in [0.5, 0.6) is 0 Å². The molecule has 10 nitrogen and oxygen atoms in total. The number of amides is 1. The van der Waals surface area contributed by atoms with E-state index in [1.165, 1.54) is 13.8 Å². The molecule has 23 heavy (non-hydrogen) atoms. The van der Waals surface area contributed by atoms with Crippen LogP contribution in [-0.4, -0.2) is 32.3 Å². The summed E-state index contributed by atoms with van der Waals surface area (Å²) >= 11 is 0. The lowest BCUT2D eigenvalue weighted by Crippen LogP contribution is -2.43. The van der Waals surface area contributed by atoms with Crippen molar-refractivity contribution in [1.29, 1.82) is 0 Å². The number of ether oxygens (including phenoxy) is 1. The Kier molecular flexibility index (Phi) is 5.76. The van der Waals surface area contributed by atoms with Crippen LogP contribution in [0.2, 0.25) is 0 Å². The van der Waals surface area contributed by atoms with Crippen molar-refractivity contribution in [2.75, 3.05) is 7.11 Å². The summed E-state index contributed by atoms with van der Waals surface area (Å²) in [5.41, 5.74) is 0.948. The average molecular weight is 345 g/mol. The van der Waals surface area contributed by atoms with Crippen LogP contribution in [-0.2, 0) is 19.6 Å². The first-order chi connectivity index (χ1) is 10.6. The molecule has 1 aromatic carbocycles. The van der Waals surface area contributed by atoms with Crippen LogP contribution in [0.4, 0.5) is 5.69 Å². The molecule has 0 fully saturated rings. The molecular weight excluding hydrogens is 330 g/mol. The van der Waals surface area contributed by atoms with Crippen LogP contribution in [0.15, 0.2) is 23.1 Å². The summed E-state index contributed by atoms with van der Waals surface area (Å²) in [5.74, 6) is -1.95. The van der Waals surface area contributed by atoms with Crippen molar-refractivity contribution in [1.82, 2.24) is 10.3 Å². The van der Waals surface area contributed by atoms with Gasteiger partial charge in [0.25, 0.3) is 15.7 Å². The molecule has 1 rings (SSSR count). The molecular formula is C12H15N3O7S. The summed E-state index contributed by atoms with van der Waals surface area (Å²) in [6.07, 6.45) is 0. The van der Waals surface area contributed by atoms with Crippen molar-refractivity contribution in [3.8, 4) is 0 Å². The highest BCUT2D eigenvalue weighted by atomic mass is 32.2. The number of sulfonamides is 1. The molecule has 0 aromatic heterocycles. The fourth-order valence-corrected chi connectivity index (χ4v) is 2.45. The van der Waals surface area contributed by atoms with E-state index in [1.54, 1.807) is 4.83 Å². The van der Waals surface area contributed by atoms with Gasteiger partial charge in [-0.15, -0.1) is 4.83 Å². The van der Waals surface area contributed by atoms with Crippen molar-refractivity contribution < 1.29 is 27.7 Å². The van der Waals surface area contributed by atoms with E-state index in [4.69, 9.17) is 0 Å². The van der Waals surface area contributed by atoms with Gasteiger partial charge in [0.15, 0.2) is 4.90 Å². The van der Waals surface area contributed by atoms with Gasteiger partial charge in [0.2, 0.25) is 5.91 Å². The molecule has 0 aliphatic heterocycles. The fraction of sp³-hybridized carbons (Fsp3) is 0.333. The fourth-order valence-electron chi connectivity index (χ4n) is 1.45. The second-order valence-electron chi connectivity index (χ2n) is 4.68. The van der Waals surface area contributed by atoms with Gasteiger partial charge in [-0.25, -0.2) is 13.2 Å². The van der Waals surface area contributed by atoms with Crippen molar-refractivity contribution in [3.63, 3.8) is 0 Å². The number of hydrogen-bond donors (Lipinski definition) is 2. The quantitative estimate of drug-likeness (QED) is 0.430. The predicted molar refractivity (Wildman–Crippen MR) is 77.7 cm³/mol. The van der Waals surface area contributed by atoms with Gasteiger partial charge in [-0.05, 0) is 12.1 Å². The Hall–Kier alpha value is -2.53. The van der Waals surface area contributed by atoms with Crippen LogP contribution in [0.3, 0.4) is 0 Å². The zero-order valence-corrected chi connectivity index (χ0v) is 13.3. The van der Waals surface area contributed by atoms with E-state index in [0.717, 1.165) is 25.3 Å². The van der Waals surface area contributed by atoms with Crippen LogP contribution in [0, 0.1) is 16.0 Å². The molecule has 0 bridgehead atoms. The number of methoxy groups -OCH3 is 1. The highest BCUT2D eigenvalue weighted by Crippen LogP contribution is 2.25. The Morgan fingerprint density at radius 2 is 1.91 bits per heavy atom. The number of nitrogens with zero attached hydrogens (tertiary/aromatic N) is 1. The first-order valence-corrected chi connectivity index (χ1v) is 7.77. The third kappa shape index (κ3) is 4.47. The lowest BCUT2D eigenvalue weighted by molar-refractivity contribution is -0.387. The first-order valence-electron chi connectivity index (χ1n) is 6.28. The molecule has 1 amide bonds. The summed E-state index contributed by atoms with van der Waals surface area (Å²) in [5, 5.41) is 11.1. The van der Waals surface area contributed by atoms with Crippen molar-refractivity contribution in [3.05, 3.63) is 33.9 Å². The molecule has 0 atom stereocenters. The standard InChI is InChI=1S/C12H15N3O7S/c1-7(2)11(16)13-14-23(20,21)10-5-4-8(12(17)22-3)6-9(10)15(18)19/h4-7,14H,1-3H3,(H,13,16). The largest absolute Gasteiger partial charge is 0.465 e. The summed E-state index contributed by atoms with van der Waals surface area (Å²) in [6.45, 7) is 3.08. The highest BCUT2D eigenvalue weighted by Gasteiger charge is 2.28. The Labute approximate surface area is 132 Å². The Morgan fingerprint density at radius 3 is 2.39 bits per heavy atom. The topological polar surface area (TPSA) is 145 Å². The van der Waals surface area contributed by atoms with Gasteiger partial charge in [-0.1, -0.05) is 13.8 Å². The Morgan fingerprint density at radius 1 is 1.30 bits per heavy atom. The molecule has 0 aliphatic carbocycles. The molecule has 0 heterocycles. The van der Waals surface area contributed by atoms with Crippen LogP contribution >= 0.6 is 0 Å². The van der Waals surface area contributed by atoms with Crippen molar-refractivity contribution in [2.45, 2.75) is 18.7 Å². The van der Waals surface area contributed by atoms with Gasteiger partial charge in [0.05, 0.1) is 17.6 Å². The average Bonchev–Trinajstić information content (AvgIpc) is 2.50. The van der Waals surface area contributed by atoms with Crippen LogP contribution in [0.25, 0.3) is 0 Å². The van der Waals surface area contributed by atoms with Crippen LogP contribution in [0.1, 0.15) is 24.2 Å². The number of hydrazine groups is 1. The minimum Gasteiger partial charge on any atom is -0.465 e. The van der Waals surface area contributed by atoms with Gasteiger partial charge in [-0.2, -0.15) is 0 Å². The van der Waals surface area contributed by atoms with E-state index in [2.05, 4.69) is 4.74 Å². The minimum absolute atomic E-state index is 0.177. The molecule has 0 radical (unpaired) electrons. The number of esters is 1. The SMILES string of the molecule is COC(=O)c1ccc(S(=O)(=O)NNC(=O)C(C)C)c([N+](=O)[O-])c1. The summed E-state index contributed by atoms with van der Waals surface area (Å²) in [4.78, 5) is 33.9. The van der Waals surface area contributed by atoms with E-state index >= 15 is 0 Å². The Balaban J connectivity index is 3.22. The maximum atomic E-state index is 12.1. The molecule has 126 valence electrons. The van der Waals surface area contributed by atoms with E-state index in [0.29, 0.717) is 0 Å². The van der Waals surface area contributed by atoms with Gasteiger partial charge >= 0.3 is 5.97 Å². The Bertz CT molecular complexity index is 743. The molecule has 0 spiro atoms. The number of hydrogen-bond acceptors (Lipinski definition) is 7. The number of nitrogens with one attached hydrogen (secondary N) is 2. The highest BCUT2D eigenvalue weighted by molar-refractivity contribution is 7.89. The number of carbonyl (C=O) groups is 2. The lowest BCUT2D eigenvalue weighted by Gasteiger charge is -2.10. The molecule has 0 saturated heterocycles. The van der Waals surface area contributed by atoms with E-state index in [-0.39, 0.29) is 5.56 Å². The normalized spacial score (nSPS) is 11.1. The third-order valence-electron chi connectivity index (χ3n) is 2.70. The van der Waals surface area contributed by atoms with Gasteiger partial charge in [-0.3, -0.25) is 20.3 Å². The van der Waals surface area contributed by atoms with Gasteiger partial charge in [0, 0.05) is 12.0 Å². The summed E-state index contributed by atoms with van der Waals surface area (Å²) in [6, 6.07) is 2.73. The molecule has 0 aliphatic rings. The third-order valence-corrected chi connectivity index (χ3v) is 3.99. The van der Waals surface area contributed by atoms with Gasteiger partial charge < -0.3 is 4.74 Å². The second-order valence-corrected chi connectivity index (χ2v) is 6.33. The predicted octanol–water partition coefficient (Wildman–Crippen LogP) is 0.347. The van der Waals surface area contributed by atoms with Crippen molar-refractivity contribution >= 4 is 27.6 Å². The van der Waals surface area contributed by atoms with Crippen molar-refractivity contribution in [2.24, 2.45) is 5.92 Å². The number of rotatable bonds is 6.